The Morgan fingerprint density at radius 1 is 1.58 bits per heavy atom. The van der Waals surface area contributed by atoms with Crippen LogP contribution in [0, 0.1) is 0 Å². The molecule has 0 fully saturated rings. The van der Waals surface area contributed by atoms with E-state index in [1.165, 1.54) is 11.8 Å². The topological polar surface area (TPSA) is 55.1 Å². The zero-order chi connectivity index (χ0) is 8.55. The van der Waals surface area contributed by atoms with E-state index in [1.807, 2.05) is 18.2 Å². The summed E-state index contributed by atoms with van der Waals surface area (Å²) in [5, 5.41) is 2.86. The van der Waals surface area contributed by atoms with Crippen LogP contribution in [0.3, 0.4) is 0 Å². The van der Waals surface area contributed by atoms with Gasteiger partial charge in [0.15, 0.2) is 6.29 Å². The van der Waals surface area contributed by atoms with Crippen molar-refractivity contribution < 1.29 is 4.79 Å². The van der Waals surface area contributed by atoms with E-state index in [0.717, 1.165) is 22.6 Å². The normalized spacial score (nSPS) is 19.8. The highest BCUT2D eigenvalue weighted by molar-refractivity contribution is 8.01. The highest BCUT2D eigenvalue weighted by Gasteiger charge is 2.21. The van der Waals surface area contributed by atoms with E-state index in [4.69, 9.17) is 5.73 Å². The van der Waals surface area contributed by atoms with Crippen molar-refractivity contribution in [3.05, 3.63) is 18.2 Å². The molecule has 1 aromatic carbocycles. The molecule has 0 spiro atoms. The first-order valence-corrected chi connectivity index (χ1v) is 4.46. The van der Waals surface area contributed by atoms with Crippen LogP contribution in [-0.2, 0) is 4.79 Å². The first-order chi connectivity index (χ1) is 5.81. The molecule has 1 aliphatic heterocycles. The quantitative estimate of drug-likeness (QED) is 0.505. The maximum absolute atomic E-state index is 10.5. The molecule has 0 bridgehead atoms. The SMILES string of the molecule is Nc1cccc2c1SC(C=O)N2. The van der Waals surface area contributed by atoms with Gasteiger partial charge in [-0.05, 0) is 12.1 Å². The fourth-order valence-electron chi connectivity index (χ4n) is 1.17. The molecule has 1 heterocycles. The van der Waals surface area contributed by atoms with Crippen LogP contribution in [0.4, 0.5) is 11.4 Å². The first-order valence-electron chi connectivity index (χ1n) is 3.58. The Bertz CT molecular complexity index is 327. The first kappa shape index (κ1) is 7.49. The van der Waals surface area contributed by atoms with Crippen LogP contribution in [0.1, 0.15) is 0 Å². The number of carbonyl (C=O) groups is 1. The molecule has 1 aliphatic rings. The number of anilines is 2. The monoisotopic (exact) mass is 180 g/mol. The van der Waals surface area contributed by atoms with Crippen molar-refractivity contribution >= 4 is 29.4 Å². The largest absolute Gasteiger partial charge is 0.398 e. The number of rotatable bonds is 1. The predicted octanol–water partition coefficient (Wildman–Crippen LogP) is 1.31. The molecule has 0 saturated carbocycles. The lowest BCUT2D eigenvalue weighted by atomic mass is 10.3. The Balaban J connectivity index is 2.41. The second kappa shape index (κ2) is 2.71. The van der Waals surface area contributed by atoms with E-state index in [9.17, 15) is 4.79 Å². The Hall–Kier alpha value is -1.16. The van der Waals surface area contributed by atoms with E-state index >= 15 is 0 Å². The van der Waals surface area contributed by atoms with Crippen molar-refractivity contribution in [3.8, 4) is 0 Å². The third-order valence-electron chi connectivity index (χ3n) is 1.71. The fraction of sp³-hybridized carbons (Fsp3) is 0.125. The number of fused-ring (bicyclic) bond motifs is 1. The lowest BCUT2D eigenvalue weighted by Gasteiger charge is -1.99. The van der Waals surface area contributed by atoms with Gasteiger partial charge in [0, 0.05) is 5.69 Å². The van der Waals surface area contributed by atoms with Gasteiger partial charge in [-0.15, -0.1) is 0 Å². The number of nitrogen functional groups attached to an aromatic ring is 1. The van der Waals surface area contributed by atoms with Crippen molar-refractivity contribution in [1.29, 1.82) is 0 Å². The number of aldehydes is 1. The lowest BCUT2D eigenvalue weighted by Crippen LogP contribution is -2.10. The maximum atomic E-state index is 10.5. The van der Waals surface area contributed by atoms with Crippen LogP contribution < -0.4 is 11.1 Å². The molecule has 0 aromatic heterocycles. The van der Waals surface area contributed by atoms with Gasteiger partial charge < -0.3 is 15.8 Å². The predicted molar refractivity (Wildman–Crippen MR) is 50.2 cm³/mol. The van der Waals surface area contributed by atoms with Gasteiger partial charge in [0.1, 0.15) is 5.37 Å². The average molecular weight is 180 g/mol. The molecule has 0 radical (unpaired) electrons. The molecule has 3 nitrogen and oxygen atoms in total. The minimum Gasteiger partial charge on any atom is -0.398 e. The van der Waals surface area contributed by atoms with Gasteiger partial charge in [0.2, 0.25) is 0 Å². The van der Waals surface area contributed by atoms with Gasteiger partial charge in [-0.3, -0.25) is 0 Å². The van der Waals surface area contributed by atoms with Crippen molar-refractivity contribution in [3.63, 3.8) is 0 Å². The summed E-state index contributed by atoms with van der Waals surface area (Å²) >= 11 is 1.46. The Morgan fingerprint density at radius 3 is 3.08 bits per heavy atom. The second-order valence-corrected chi connectivity index (χ2v) is 3.69. The van der Waals surface area contributed by atoms with Gasteiger partial charge >= 0.3 is 0 Å². The Labute approximate surface area is 74.3 Å². The average Bonchev–Trinajstić information content (AvgIpc) is 2.49. The zero-order valence-corrected chi connectivity index (χ0v) is 7.10. The molecule has 0 amide bonds. The van der Waals surface area contributed by atoms with Gasteiger partial charge in [0.05, 0.1) is 10.6 Å². The van der Waals surface area contributed by atoms with Crippen LogP contribution in [0.25, 0.3) is 0 Å². The molecule has 12 heavy (non-hydrogen) atoms. The minimum atomic E-state index is -0.176. The summed E-state index contributed by atoms with van der Waals surface area (Å²) in [5.41, 5.74) is 7.40. The minimum absolute atomic E-state index is 0.176. The molecule has 3 N–H and O–H groups in total. The smallest absolute Gasteiger partial charge is 0.152 e. The lowest BCUT2D eigenvalue weighted by molar-refractivity contribution is -0.107. The summed E-state index contributed by atoms with van der Waals surface area (Å²) in [4.78, 5) is 11.4. The van der Waals surface area contributed by atoms with Crippen molar-refractivity contribution in [2.75, 3.05) is 11.1 Å². The number of benzene rings is 1. The third kappa shape index (κ3) is 1.04. The van der Waals surface area contributed by atoms with Crippen LogP contribution >= 0.6 is 11.8 Å². The fourth-order valence-corrected chi connectivity index (χ4v) is 2.12. The second-order valence-electron chi connectivity index (χ2n) is 2.54. The highest BCUT2D eigenvalue weighted by atomic mass is 32.2. The van der Waals surface area contributed by atoms with Crippen LogP contribution in [0.2, 0.25) is 0 Å². The molecule has 4 heteroatoms. The van der Waals surface area contributed by atoms with Gasteiger partial charge in [0.25, 0.3) is 0 Å². The molecule has 0 aliphatic carbocycles. The van der Waals surface area contributed by atoms with E-state index in [1.54, 1.807) is 0 Å². The van der Waals surface area contributed by atoms with Crippen molar-refractivity contribution in [1.82, 2.24) is 0 Å². The summed E-state index contributed by atoms with van der Waals surface area (Å²) in [6, 6.07) is 5.62. The van der Waals surface area contributed by atoms with Crippen LogP contribution in [0.15, 0.2) is 23.1 Å². The van der Waals surface area contributed by atoms with E-state index in [-0.39, 0.29) is 5.37 Å². The van der Waals surface area contributed by atoms with E-state index < -0.39 is 0 Å². The number of carbonyl (C=O) groups excluding carboxylic acids is 1. The van der Waals surface area contributed by atoms with Gasteiger partial charge in [-0.25, -0.2) is 0 Å². The summed E-state index contributed by atoms with van der Waals surface area (Å²) in [7, 11) is 0. The maximum Gasteiger partial charge on any atom is 0.152 e. The molecule has 1 aromatic rings. The molecule has 0 saturated heterocycles. The standard InChI is InChI=1S/C8H8N2OS/c9-5-2-1-3-6-8(5)12-7(4-11)10-6/h1-4,7,10H,9H2. The Kier molecular flexibility index (Phi) is 1.69. The number of thioether (sulfide) groups is 1. The summed E-state index contributed by atoms with van der Waals surface area (Å²) in [6.07, 6.45) is 0.879. The molecular weight excluding hydrogens is 172 g/mol. The number of hydrogen-bond donors (Lipinski definition) is 2. The summed E-state index contributed by atoms with van der Waals surface area (Å²) in [5.74, 6) is 0. The molecule has 2 rings (SSSR count). The van der Waals surface area contributed by atoms with E-state index in [0.29, 0.717) is 0 Å². The van der Waals surface area contributed by atoms with Crippen LogP contribution in [0.5, 0.6) is 0 Å². The van der Waals surface area contributed by atoms with Crippen molar-refractivity contribution in [2.24, 2.45) is 0 Å². The third-order valence-corrected chi connectivity index (χ3v) is 2.89. The molecule has 62 valence electrons. The van der Waals surface area contributed by atoms with E-state index in [2.05, 4.69) is 5.32 Å². The molecule has 1 atom stereocenters. The number of nitrogens with two attached hydrogens (primary N) is 1. The van der Waals surface area contributed by atoms with Gasteiger partial charge in [-0.2, -0.15) is 0 Å². The summed E-state index contributed by atoms with van der Waals surface area (Å²) in [6.45, 7) is 0. The molecular formula is C8H8N2OS. The summed E-state index contributed by atoms with van der Waals surface area (Å²) < 4.78 is 0. The Morgan fingerprint density at radius 2 is 2.42 bits per heavy atom. The highest BCUT2D eigenvalue weighted by Crippen LogP contribution is 2.41. The van der Waals surface area contributed by atoms with Crippen molar-refractivity contribution in [2.45, 2.75) is 10.3 Å². The zero-order valence-electron chi connectivity index (χ0n) is 6.28. The van der Waals surface area contributed by atoms with Crippen LogP contribution in [-0.4, -0.2) is 11.7 Å². The molecule has 1 unspecified atom stereocenters. The number of hydrogen-bond acceptors (Lipinski definition) is 4. The number of nitrogens with one attached hydrogen (secondary N) is 1. The van der Waals surface area contributed by atoms with Gasteiger partial charge in [-0.1, -0.05) is 17.8 Å².